The van der Waals surface area contributed by atoms with Crippen molar-refractivity contribution < 1.29 is 9.13 Å². The van der Waals surface area contributed by atoms with Gasteiger partial charge in [-0.25, -0.2) is 4.98 Å². The summed E-state index contributed by atoms with van der Waals surface area (Å²) in [6.07, 6.45) is 4.14. The van der Waals surface area contributed by atoms with Crippen molar-refractivity contribution in [3.63, 3.8) is 0 Å². The molecule has 5 heteroatoms. The minimum Gasteiger partial charge on any atom is -0.472 e. The maximum atomic E-state index is 13.4. The zero-order valence-corrected chi connectivity index (χ0v) is 10.7. The first kappa shape index (κ1) is 12.6. The first-order chi connectivity index (χ1) is 8.04. The second-order valence-electron chi connectivity index (χ2n) is 4.95. The molecule has 0 bridgehead atoms. The van der Waals surface area contributed by atoms with Gasteiger partial charge >= 0.3 is 0 Å². The summed E-state index contributed by atoms with van der Waals surface area (Å²) in [5, 5.41) is 0.0123. The summed E-state index contributed by atoms with van der Waals surface area (Å²) in [6.45, 7) is 4.38. The Morgan fingerprint density at radius 1 is 1.29 bits per heavy atom. The van der Waals surface area contributed by atoms with Gasteiger partial charge < -0.3 is 4.74 Å². The lowest BCUT2D eigenvalue weighted by Gasteiger charge is -2.31. The zero-order valence-electron chi connectivity index (χ0n) is 9.99. The highest BCUT2D eigenvalue weighted by molar-refractivity contribution is 6.28. The number of aromatic nitrogens is 2. The molecule has 94 valence electrons. The molecule has 1 aromatic heterocycles. The molecule has 0 N–H and O–H groups in total. The van der Waals surface area contributed by atoms with Gasteiger partial charge in [0.05, 0.1) is 6.20 Å². The van der Waals surface area contributed by atoms with Crippen LogP contribution in [0, 0.1) is 17.7 Å². The Kier molecular flexibility index (Phi) is 3.82. The Morgan fingerprint density at radius 3 is 2.59 bits per heavy atom. The number of ether oxygens (including phenoxy) is 1. The Balaban J connectivity index is 2.07. The summed E-state index contributed by atoms with van der Waals surface area (Å²) in [5.74, 6) is 0.616. The van der Waals surface area contributed by atoms with Crippen LogP contribution in [-0.4, -0.2) is 16.1 Å². The number of hydrogen-bond donors (Lipinski definition) is 0. The van der Waals surface area contributed by atoms with Gasteiger partial charge in [0.2, 0.25) is 11.1 Å². The molecule has 1 aliphatic rings. The van der Waals surface area contributed by atoms with Crippen LogP contribution in [-0.2, 0) is 0 Å². The summed E-state index contributed by atoms with van der Waals surface area (Å²) in [7, 11) is 0. The van der Waals surface area contributed by atoms with E-state index in [0.717, 1.165) is 19.0 Å². The average Bonchev–Trinajstić information content (AvgIpc) is 2.22. The number of rotatable bonds is 2. The van der Waals surface area contributed by atoms with Crippen molar-refractivity contribution in [3.8, 4) is 5.88 Å². The van der Waals surface area contributed by atoms with E-state index in [1.165, 1.54) is 6.42 Å². The molecule has 1 aromatic rings. The molecule has 0 aliphatic heterocycles. The second kappa shape index (κ2) is 5.17. The van der Waals surface area contributed by atoms with Crippen LogP contribution in [0.2, 0.25) is 5.28 Å². The standard InChI is InChI=1S/C12H16ClFN2O/c1-7-3-8(2)5-9(4-7)17-11-10(14)6-15-12(13)16-11/h6-9H,3-5H2,1-2H3. The maximum Gasteiger partial charge on any atom is 0.255 e. The van der Waals surface area contributed by atoms with Gasteiger partial charge in [0.25, 0.3) is 5.88 Å². The molecule has 1 saturated carbocycles. The first-order valence-electron chi connectivity index (χ1n) is 5.89. The topological polar surface area (TPSA) is 35.0 Å². The van der Waals surface area contributed by atoms with Crippen LogP contribution in [0.4, 0.5) is 4.39 Å². The summed E-state index contributed by atoms with van der Waals surface area (Å²) < 4.78 is 19.0. The van der Waals surface area contributed by atoms with Crippen molar-refractivity contribution in [1.29, 1.82) is 0 Å². The third kappa shape index (κ3) is 3.28. The number of hydrogen-bond acceptors (Lipinski definition) is 3. The van der Waals surface area contributed by atoms with Crippen molar-refractivity contribution in [2.24, 2.45) is 11.8 Å². The highest BCUT2D eigenvalue weighted by atomic mass is 35.5. The molecule has 0 radical (unpaired) electrons. The molecule has 17 heavy (non-hydrogen) atoms. The van der Waals surface area contributed by atoms with Gasteiger partial charge in [0.15, 0.2) is 0 Å². The third-order valence-corrected chi connectivity index (χ3v) is 3.28. The van der Waals surface area contributed by atoms with Crippen LogP contribution < -0.4 is 4.74 Å². The summed E-state index contributed by atoms with van der Waals surface area (Å²) in [6, 6.07) is 0. The predicted molar refractivity (Wildman–Crippen MR) is 63.6 cm³/mol. The molecular formula is C12H16ClFN2O. The molecule has 0 saturated heterocycles. The van der Waals surface area contributed by atoms with E-state index in [1.807, 2.05) is 0 Å². The van der Waals surface area contributed by atoms with Crippen LogP contribution >= 0.6 is 11.6 Å². The van der Waals surface area contributed by atoms with Crippen LogP contribution in [0.3, 0.4) is 0 Å². The number of nitrogens with zero attached hydrogens (tertiary/aromatic N) is 2. The van der Waals surface area contributed by atoms with E-state index in [9.17, 15) is 4.39 Å². The van der Waals surface area contributed by atoms with E-state index >= 15 is 0 Å². The predicted octanol–water partition coefficient (Wildman–Crippen LogP) is 3.47. The Hall–Kier alpha value is -0.900. The minimum atomic E-state index is -0.555. The molecule has 2 unspecified atom stereocenters. The Bertz CT molecular complexity index is 392. The van der Waals surface area contributed by atoms with Gasteiger partial charge in [-0.05, 0) is 42.7 Å². The fourth-order valence-electron chi connectivity index (χ4n) is 2.54. The van der Waals surface area contributed by atoms with E-state index in [1.54, 1.807) is 0 Å². The zero-order chi connectivity index (χ0) is 12.4. The molecule has 3 nitrogen and oxygen atoms in total. The van der Waals surface area contributed by atoms with Crippen molar-refractivity contribution >= 4 is 11.6 Å². The van der Waals surface area contributed by atoms with Gasteiger partial charge in [-0.1, -0.05) is 13.8 Å². The smallest absolute Gasteiger partial charge is 0.255 e. The van der Waals surface area contributed by atoms with E-state index < -0.39 is 5.82 Å². The molecule has 1 heterocycles. The van der Waals surface area contributed by atoms with Crippen molar-refractivity contribution in [3.05, 3.63) is 17.3 Å². The van der Waals surface area contributed by atoms with Crippen LogP contribution in [0.5, 0.6) is 5.88 Å². The summed E-state index contributed by atoms with van der Waals surface area (Å²) in [4.78, 5) is 7.34. The molecule has 2 rings (SSSR count). The van der Waals surface area contributed by atoms with Gasteiger partial charge in [0, 0.05) is 0 Å². The van der Waals surface area contributed by atoms with E-state index in [0.29, 0.717) is 11.8 Å². The molecule has 1 aliphatic carbocycles. The first-order valence-corrected chi connectivity index (χ1v) is 6.27. The number of halogens is 2. The van der Waals surface area contributed by atoms with Gasteiger partial charge in [0.1, 0.15) is 6.10 Å². The summed E-state index contributed by atoms with van der Waals surface area (Å²) >= 11 is 5.62. The molecule has 0 amide bonds. The van der Waals surface area contributed by atoms with E-state index in [-0.39, 0.29) is 17.3 Å². The Morgan fingerprint density at radius 2 is 1.94 bits per heavy atom. The molecule has 0 aromatic carbocycles. The molecule has 1 fully saturated rings. The van der Waals surface area contributed by atoms with Crippen molar-refractivity contribution in [1.82, 2.24) is 9.97 Å². The second-order valence-corrected chi connectivity index (χ2v) is 5.29. The van der Waals surface area contributed by atoms with Crippen molar-refractivity contribution in [2.75, 3.05) is 0 Å². The molecule has 0 spiro atoms. The lowest BCUT2D eigenvalue weighted by atomic mass is 9.82. The van der Waals surface area contributed by atoms with E-state index in [2.05, 4.69) is 23.8 Å². The SMILES string of the molecule is CC1CC(C)CC(Oc2nc(Cl)ncc2F)C1. The van der Waals surface area contributed by atoms with Gasteiger partial charge in [-0.2, -0.15) is 9.37 Å². The van der Waals surface area contributed by atoms with E-state index in [4.69, 9.17) is 16.3 Å². The minimum absolute atomic E-state index is 0.0123. The average molecular weight is 259 g/mol. The quantitative estimate of drug-likeness (QED) is 0.762. The fraction of sp³-hybridized carbons (Fsp3) is 0.667. The lowest BCUT2D eigenvalue weighted by molar-refractivity contribution is 0.0921. The Labute approximate surface area is 105 Å². The van der Waals surface area contributed by atoms with Gasteiger partial charge in [-0.3, -0.25) is 0 Å². The largest absolute Gasteiger partial charge is 0.472 e. The summed E-state index contributed by atoms with van der Waals surface area (Å²) in [5.41, 5.74) is 0. The normalized spacial score (nSPS) is 29.1. The molecular weight excluding hydrogens is 243 g/mol. The van der Waals surface area contributed by atoms with Crippen LogP contribution in [0.25, 0.3) is 0 Å². The molecule has 2 atom stereocenters. The lowest BCUT2D eigenvalue weighted by Crippen LogP contribution is -2.29. The monoisotopic (exact) mass is 258 g/mol. The third-order valence-electron chi connectivity index (χ3n) is 3.10. The van der Waals surface area contributed by atoms with Crippen LogP contribution in [0.15, 0.2) is 6.20 Å². The van der Waals surface area contributed by atoms with Crippen LogP contribution in [0.1, 0.15) is 33.1 Å². The van der Waals surface area contributed by atoms with Crippen molar-refractivity contribution in [2.45, 2.75) is 39.2 Å². The maximum absolute atomic E-state index is 13.4. The highest BCUT2D eigenvalue weighted by Gasteiger charge is 2.26. The fourth-order valence-corrected chi connectivity index (χ4v) is 2.67. The highest BCUT2D eigenvalue weighted by Crippen LogP contribution is 2.31. The van der Waals surface area contributed by atoms with Gasteiger partial charge in [-0.15, -0.1) is 0 Å².